The molecule has 0 aliphatic carbocycles. The Kier molecular flexibility index (Phi) is 37.4. The quantitative estimate of drug-likeness (QED) is 0.417. The summed E-state index contributed by atoms with van der Waals surface area (Å²) in [6.45, 7) is 2.94. The predicted octanol–water partition coefficient (Wildman–Crippen LogP) is -1.93. The third kappa shape index (κ3) is 34.5. The predicted molar refractivity (Wildman–Crippen MR) is 46.3 cm³/mol. The molecule has 0 aromatic carbocycles. The van der Waals surface area contributed by atoms with Crippen molar-refractivity contribution in [2.24, 2.45) is 0 Å². The molecule has 0 aromatic rings. The summed E-state index contributed by atoms with van der Waals surface area (Å²) in [6.07, 6.45) is 0. The van der Waals surface area contributed by atoms with Crippen LogP contribution in [-0.4, -0.2) is 97.2 Å². The summed E-state index contributed by atoms with van der Waals surface area (Å²) >= 11 is 0. The molecule has 0 amide bonds. The Hall–Kier alpha value is 1.41. The Labute approximate surface area is 108 Å². The van der Waals surface area contributed by atoms with Gasteiger partial charge in [0.25, 0.3) is 0 Å². The van der Waals surface area contributed by atoms with E-state index in [9.17, 15) is 0 Å². The normalized spacial score (nSPS) is 7.64. The first-order valence-electron chi connectivity index (χ1n) is 3.23. The van der Waals surface area contributed by atoms with Gasteiger partial charge in [-0.05, 0) is 6.92 Å². The fourth-order valence-corrected chi connectivity index (χ4v) is 0.209. The van der Waals surface area contributed by atoms with Crippen LogP contribution in [0.5, 0.6) is 0 Å². The summed E-state index contributed by atoms with van der Waals surface area (Å²) in [5.41, 5.74) is 0. The van der Waals surface area contributed by atoms with Crippen LogP contribution in [0.15, 0.2) is 0 Å². The van der Waals surface area contributed by atoms with Crippen LogP contribution >= 0.6 is 0 Å². The average molecular weight is 292 g/mol. The molecule has 0 rings (SSSR count). The van der Waals surface area contributed by atoms with Crippen LogP contribution in [0.3, 0.4) is 0 Å². The van der Waals surface area contributed by atoms with Gasteiger partial charge in [-0.25, -0.2) is 0 Å². The van der Waals surface area contributed by atoms with Crippen molar-refractivity contribution in [2.75, 3.05) is 33.0 Å². The van der Waals surface area contributed by atoms with Gasteiger partial charge in [-0.1, -0.05) is 0 Å². The molecule has 0 bridgehead atoms. The van der Waals surface area contributed by atoms with Gasteiger partial charge in [-0.2, -0.15) is 0 Å². The number of hydrogen-bond donors (Lipinski definition) is 3. The van der Waals surface area contributed by atoms with E-state index in [-0.39, 0.29) is 68.7 Å². The first-order valence-corrected chi connectivity index (χ1v) is 3.23. The summed E-state index contributed by atoms with van der Waals surface area (Å²) in [6, 6.07) is 0. The molecule has 0 unspecified atom stereocenters. The number of hydrogen-bond acceptors (Lipinski definition) is 4. The zero-order chi connectivity index (χ0) is 8.24. The van der Waals surface area contributed by atoms with Gasteiger partial charge >= 0.3 is 48.9 Å². The molecule has 0 saturated heterocycles. The van der Waals surface area contributed by atoms with Gasteiger partial charge in [-0.15, -0.1) is 0 Å². The Morgan fingerprint density at radius 2 is 1.45 bits per heavy atom. The minimum absolute atomic E-state index is 0. The third-order valence-corrected chi connectivity index (χ3v) is 0.540. The fraction of sp³-hybridized carbons (Fsp3) is 1.00. The van der Waals surface area contributed by atoms with Crippen LogP contribution in [0.2, 0.25) is 0 Å². The molecule has 3 N–H and O–H groups in total. The number of aliphatic hydroxyl groups excluding tert-OH is 3. The van der Waals surface area contributed by atoms with Crippen LogP contribution in [0.1, 0.15) is 6.92 Å². The van der Waals surface area contributed by atoms with Crippen molar-refractivity contribution in [3.8, 4) is 0 Å². The van der Waals surface area contributed by atoms with Crippen LogP contribution in [0, 0.1) is 0 Å². The molecule has 0 atom stereocenters. The molecule has 0 aliphatic heterocycles. The van der Waals surface area contributed by atoms with E-state index in [1.54, 1.807) is 0 Å². The molecule has 0 spiro atoms. The summed E-state index contributed by atoms with van der Waals surface area (Å²) in [5, 5.41) is 23.3. The standard InChI is InChI=1S/C4H10O2.C2H6O2.Ba.2H/c1-2-6-4-3-5;3-1-2-4;;;/h5H,2-4H2,1H3;3-4H,1-2H2;;;. The van der Waals surface area contributed by atoms with Crippen molar-refractivity contribution in [3.63, 3.8) is 0 Å². The minimum atomic E-state index is -0.125. The first-order chi connectivity index (χ1) is 4.83. The second kappa shape index (κ2) is 22.5. The van der Waals surface area contributed by atoms with E-state index in [4.69, 9.17) is 20.1 Å². The van der Waals surface area contributed by atoms with E-state index in [1.807, 2.05) is 6.92 Å². The Bertz CT molecular complexity index is 39.6. The molecule has 4 nitrogen and oxygen atoms in total. The van der Waals surface area contributed by atoms with E-state index >= 15 is 0 Å². The molecule has 11 heavy (non-hydrogen) atoms. The fourth-order valence-electron chi connectivity index (χ4n) is 0.209. The Morgan fingerprint density at radius 1 is 1.00 bits per heavy atom. The maximum atomic E-state index is 8.07. The van der Waals surface area contributed by atoms with Crippen molar-refractivity contribution in [2.45, 2.75) is 6.92 Å². The van der Waals surface area contributed by atoms with Gasteiger partial charge < -0.3 is 20.1 Å². The maximum absolute atomic E-state index is 8.07. The second-order valence-electron chi connectivity index (χ2n) is 1.37. The SMILES string of the molecule is CCOCCO.OCCO.[BaH2]. The zero-order valence-electron chi connectivity index (χ0n) is 6.29. The van der Waals surface area contributed by atoms with Gasteiger partial charge in [-0.3, -0.25) is 0 Å². The van der Waals surface area contributed by atoms with Gasteiger partial charge in [0.05, 0.1) is 26.4 Å². The van der Waals surface area contributed by atoms with Gasteiger partial charge in [0.1, 0.15) is 0 Å². The summed E-state index contributed by atoms with van der Waals surface area (Å²) in [7, 11) is 0. The van der Waals surface area contributed by atoms with Gasteiger partial charge in [0, 0.05) is 6.61 Å². The number of rotatable bonds is 4. The molecule has 0 radical (unpaired) electrons. The monoisotopic (exact) mass is 292 g/mol. The van der Waals surface area contributed by atoms with Crippen molar-refractivity contribution in [1.29, 1.82) is 0 Å². The topological polar surface area (TPSA) is 69.9 Å². The van der Waals surface area contributed by atoms with Crippen molar-refractivity contribution < 1.29 is 20.1 Å². The molecular weight excluding hydrogens is 273 g/mol. The molecule has 5 heteroatoms. The molecule has 68 valence electrons. The first kappa shape index (κ1) is 18.2. The van der Waals surface area contributed by atoms with Crippen LogP contribution in [0.25, 0.3) is 0 Å². The summed E-state index contributed by atoms with van der Waals surface area (Å²) in [4.78, 5) is 0. The molecule has 0 aromatic heterocycles. The van der Waals surface area contributed by atoms with E-state index in [0.717, 1.165) is 0 Å². The Balaban J connectivity index is -0.000000114. The van der Waals surface area contributed by atoms with Crippen molar-refractivity contribution >= 4 is 48.9 Å². The van der Waals surface area contributed by atoms with Crippen molar-refractivity contribution in [3.05, 3.63) is 0 Å². The molecule has 0 aliphatic rings. The van der Waals surface area contributed by atoms with Gasteiger partial charge in [0.2, 0.25) is 0 Å². The number of aliphatic hydroxyl groups is 3. The second-order valence-corrected chi connectivity index (χ2v) is 1.37. The van der Waals surface area contributed by atoms with E-state index in [1.165, 1.54) is 0 Å². The molecule has 0 fully saturated rings. The average Bonchev–Trinajstić information content (AvgIpc) is 2.01. The van der Waals surface area contributed by atoms with E-state index < -0.39 is 0 Å². The van der Waals surface area contributed by atoms with E-state index in [0.29, 0.717) is 13.2 Å². The molecular formula is C6H18BaO4. The van der Waals surface area contributed by atoms with E-state index in [2.05, 4.69) is 0 Å². The van der Waals surface area contributed by atoms with Crippen LogP contribution in [0.4, 0.5) is 0 Å². The third-order valence-electron chi connectivity index (χ3n) is 0.540. The summed E-state index contributed by atoms with van der Waals surface area (Å²) < 4.78 is 4.73. The van der Waals surface area contributed by atoms with Crippen molar-refractivity contribution in [1.82, 2.24) is 0 Å². The van der Waals surface area contributed by atoms with Crippen LogP contribution < -0.4 is 0 Å². The molecule has 0 heterocycles. The number of ether oxygens (including phenoxy) is 1. The molecule has 0 saturated carbocycles. The van der Waals surface area contributed by atoms with Crippen LogP contribution in [-0.2, 0) is 4.74 Å². The van der Waals surface area contributed by atoms with Gasteiger partial charge in [0.15, 0.2) is 0 Å². The zero-order valence-corrected chi connectivity index (χ0v) is 6.29. The Morgan fingerprint density at radius 3 is 1.55 bits per heavy atom. The summed E-state index contributed by atoms with van der Waals surface area (Å²) in [5.74, 6) is 0.